The van der Waals surface area contributed by atoms with Gasteiger partial charge in [-0.05, 0) is 51.4 Å². The molecular formula is C42H85NO5. The molecule has 0 fully saturated rings. The molecule has 6 nitrogen and oxygen atoms in total. The van der Waals surface area contributed by atoms with E-state index in [4.69, 9.17) is 4.74 Å². The first-order valence-corrected chi connectivity index (χ1v) is 21.3. The van der Waals surface area contributed by atoms with Crippen LogP contribution in [0.2, 0.25) is 0 Å². The molecule has 0 aromatic rings. The number of aliphatic hydroxyl groups is 3. The second-order valence-corrected chi connectivity index (χ2v) is 14.9. The smallest absolute Gasteiger partial charge is 0.306 e. The second kappa shape index (κ2) is 37.6. The molecule has 0 radical (unpaired) electrons. The fourth-order valence-corrected chi connectivity index (χ4v) is 6.84. The molecule has 3 N–H and O–H groups in total. The highest BCUT2D eigenvalue weighted by atomic mass is 16.5. The van der Waals surface area contributed by atoms with Crippen molar-refractivity contribution < 1.29 is 24.9 Å². The lowest BCUT2D eigenvalue weighted by Crippen LogP contribution is -2.39. The molecule has 48 heavy (non-hydrogen) atoms. The SMILES string of the molecule is CCCCCCCCCCCCC(O)CN(CCCO)CC(O)CCCCCC(=O)OC(CCCCCCCC)CCCCCCCC. The lowest BCUT2D eigenvalue weighted by atomic mass is 10.0. The lowest BCUT2D eigenvalue weighted by Gasteiger charge is -2.27. The molecule has 0 heterocycles. The van der Waals surface area contributed by atoms with Crippen LogP contribution in [0.25, 0.3) is 0 Å². The van der Waals surface area contributed by atoms with Gasteiger partial charge in [0, 0.05) is 32.7 Å². The Hall–Kier alpha value is -0.690. The Morgan fingerprint density at radius 3 is 1.25 bits per heavy atom. The van der Waals surface area contributed by atoms with Gasteiger partial charge in [0.25, 0.3) is 0 Å². The number of hydrogen-bond donors (Lipinski definition) is 3. The van der Waals surface area contributed by atoms with Crippen LogP contribution in [0.3, 0.4) is 0 Å². The van der Waals surface area contributed by atoms with Gasteiger partial charge in [-0.1, -0.05) is 162 Å². The molecule has 0 saturated carbocycles. The van der Waals surface area contributed by atoms with Crippen LogP contribution < -0.4 is 0 Å². The Bertz CT molecular complexity index is 632. The summed E-state index contributed by atoms with van der Waals surface area (Å²) in [6.07, 6.45) is 34.5. The Labute approximate surface area is 299 Å². The maximum absolute atomic E-state index is 12.7. The molecule has 0 spiro atoms. The molecule has 0 saturated heterocycles. The van der Waals surface area contributed by atoms with Gasteiger partial charge in [-0.2, -0.15) is 0 Å². The van der Waals surface area contributed by atoms with E-state index in [1.165, 1.54) is 122 Å². The molecule has 0 aromatic heterocycles. The molecule has 0 amide bonds. The normalized spacial score (nSPS) is 13.1. The van der Waals surface area contributed by atoms with E-state index < -0.39 is 6.10 Å². The summed E-state index contributed by atoms with van der Waals surface area (Å²) in [6, 6.07) is 0. The molecular weight excluding hydrogens is 598 g/mol. The van der Waals surface area contributed by atoms with Gasteiger partial charge in [0.2, 0.25) is 0 Å². The summed E-state index contributed by atoms with van der Waals surface area (Å²) in [6.45, 7) is 8.65. The number of ether oxygens (including phenoxy) is 1. The van der Waals surface area contributed by atoms with Crippen LogP contribution in [0.1, 0.15) is 220 Å². The minimum Gasteiger partial charge on any atom is -0.462 e. The van der Waals surface area contributed by atoms with E-state index in [1.54, 1.807) is 0 Å². The quantitative estimate of drug-likeness (QED) is 0.0441. The first-order chi connectivity index (χ1) is 23.5. The summed E-state index contributed by atoms with van der Waals surface area (Å²) in [4.78, 5) is 14.8. The largest absolute Gasteiger partial charge is 0.462 e. The summed E-state index contributed by atoms with van der Waals surface area (Å²) in [5.41, 5.74) is 0. The first-order valence-electron chi connectivity index (χ1n) is 21.3. The molecule has 0 aliphatic carbocycles. The van der Waals surface area contributed by atoms with Gasteiger partial charge in [-0.3, -0.25) is 9.69 Å². The van der Waals surface area contributed by atoms with Gasteiger partial charge in [-0.15, -0.1) is 0 Å². The average molecular weight is 684 g/mol. The molecule has 0 bridgehead atoms. The summed E-state index contributed by atoms with van der Waals surface area (Å²) in [5, 5.41) is 30.8. The topological polar surface area (TPSA) is 90.2 Å². The van der Waals surface area contributed by atoms with E-state index in [0.717, 1.165) is 57.8 Å². The Morgan fingerprint density at radius 2 is 0.854 bits per heavy atom. The summed E-state index contributed by atoms with van der Waals surface area (Å²) in [5.74, 6) is -0.0518. The second-order valence-electron chi connectivity index (χ2n) is 14.9. The standard InChI is InChI=1S/C42H85NO5/c1-4-7-10-13-16-17-18-19-20-24-30-39(45)37-43(35-29-36-44)38-40(46)31-25-23-28-34-42(47)48-41(32-26-21-14-11-8-5-2)33-27-22-15-12-9-6-3/h39-41,44-46H,4-38H2,1-3H3. The third kappa shape index (κ3) is 33.8. The molecule has 6 heteroatoms. The van der Waals surface area contributed by atoms with E-state index in [2.05, 4.69) is 25.7 Å². The number of hydrogen-bond acceptors (Lipinski definition) is 6. The maximum Gasteiger partial charge on any atom is 0.306 e. The third-order valence-electron chi connectivity index (χ3n) is 9.94. The number of aliphatic hydroxyl groups excluding tert-OH is 3. The van der Waals surface area contributed by atoms with Crippen molar-refractivity contribution in [3.8, 4) is 0 Å². The van der Waals surface area contributed by atoms with Gasteiger partial charge in [0.15, 0.2) is 0 Å². The van der Waals surface area contributed by atoms with Crippen LogP contribution in [-0.4, -0.2) is 70.7 Å². The van der Waals surface area contributed by atoms with Crippen LogP contribution in [0, 0.1) is 0 Å². The van der Waals surface area contributed by atoms with E-state index in [-0.39, 0.29) is 24.8 Å². The fourth-order valence-electron chi connectivity index (χ4n) is 6.84. The van der Waals surface area contributed by atoms with Crippen LogP contribution in [0.15, 0.2) is 0 Å². The van der Waals surface area contributed by atoms with Crippen molar-refractivity contribution in [1.82, 2.24) is 4.90 Å². The number of carbonyl (C=O) groups is 1. The number of nitrogens with zero attached hydrogens (tertiary/aromatic N) is 1. The van der Waals surface area contributed by atoms with E-state index in [9.17, 15) is 20.1 Å². The van der Waals surface area contributed by atoms with E-state index in [1.807, 2.05) is 0 Å². The van der Waals surface area contributed by atoms with Gasteiger partial charge in [0.05, 0.1) is 12.2 Å². The van der Waals surface area contributed by atoms with Crippen molar-refractivity contribution >= 4 is 5.97 Å². The van der Waals surface area contributed by atoms with Crippen molar-refractivity contribution in [2.75, 3.05) is 26.2 Å². The maximum atomic E-state index is 12.7. The van der Waals surface area contributed by atoms with Crippen LogP contribution >= 0.6 is 0 Å². The third-order valence-corrected chi connectivity index (χ3v) is 9.94. The van der Waals surface area contributed by atoms with Crippen LogP contribution in [-0.2, 0) is 9.53 Å². The average Bonchev–Trinajstić information content (AvgIpc) is 3.07. The highest BCUT2D eigenvalue weighted by molar-refractivity contribution is 5.69. The fraction of sp³-hybridized carbons (Fsp3) is 0.976. The van der Waals surface area contributed by atoms with E-state index in [0.29, 0.717) is 38.9 Å². The lowest BCUT2D eigenvalue weighted by molar-refractivity contribution is -0.150. The number of unbranched alkanes of at least 4 members (excludes halogenated alkanes) is 21. The molecule has 2 atom stereocenters. The molecule has 0 aromatic carbocycles. The van der Waals surface area contributed by atoms with Crippen molar-refractivity contribution in [3.63, 3.8) is 0 Å². The van der Waals surface area contributed by atoms with Crippen LogP contribution in [0.5, 0.6) is 0 Å². The molecule has 288 valence electrons. The minimum absolute atomic E-state index is 0.0518. The Morgan fingerprint density at radius 1 is 0.500 bits per heavy atom. The number of esters is 1. The van der Waals surface area contributed by atoms with Gasteiger partial charge in [-0.25, -0.2) is 0 Å². The zero-order chi connectivity index (χ0) is 35.3. The zero-order valence-corrected chi connectivity index (χ0v) is 32.6. The number of carbonyl (C=O) groups excluding carboxylic acids is 1. The van der Waals surface area contributed by atoms with Crippen molar-refractivity contribution in [1.29, 1.82) is 0 Å². The van der Waals surface area contributed by atoms with Crippen molar-refractivity contribution in [2.45, 2.75) is 238 Å². The molecule has 0 aliphatic heterocycles. The van der Waals surface area contributed by atoms with E-state index >= 15 is 0 Å². The van der Waals surface area contributed by atoms with Gasteiger partial charge in [0.1, 0.15) is 6.10 Å². The molecule has 0 aliphatic rings. The van der Waals surface area contributed by atoms with Crippen molar-refractivity contribution in [3.05, 3.63) is 0 Å². The zero-order valence-electron chi connectivity index (χ0n) is 32.6. The summed E-state index contributed by atoms with van der Waals surface area (Å²) < 4.78 is 5.99. The Kier molecular flexibility index (Phi) is 37.0. The van der Waals surface area contributed by atoms with Gasteiger partial charge < -0.3 is 20.1 Å². The summed E-state index contributed by atoms with van der Waals surface area (Å²) in [7, 11) is 0. The van der Waals surface area contributed by atoms with Crippen molar-refractivity contribution in [2.24, 2.45) is 0 Å². The predicted molar refractivity (Wildman–Crippen MR) is 206 cm³/mol. The Balaban J connectivity index is 4.27. The highest BCUT2D eigenvalue weighted by Crippen LogP contribution is 2.19. The van der Waals surface area contributed by atoms with Crippen LogP contribution in [0.4, 0.5) is 0 Å². The number of rotatable bonds is 39. The molecule has 0 rings (SSSR count). The first kappa shape index (κ1) is 47.3. The predicted octanol–water partition coefficient (Wildman–Crippen LogP) is 11.1. The highest BCUT2D eigenvalue weighted by Gasteiger charge is 2.17. The monoisotopic (exact) mass is 684 g/mol. The minimum atomic E-state index is -0.459. The summed E-state index contributed by atoms with van der Waals surface area (Å²) >= 11 is 0. The van der Waals surface area contributed by atoms with Gasteiger partial charge >= 0.3 is 5.97 Å². The molecule has 2 unspecified atom stereocenters.